The van der Waals surface area contributed by atoms with E-state index >= 15 is 0 Å². The van der Waals surface area contributed by atoms with Crippen molar-refractivity contribution in [2.45, 2.75) is 5.60 Å². The zero-order valence-corrected chi connectivity index (χ0v) is 20.8. The molecule has 6 N–H and O–H groups in total. The van der Waals surface area contributed by atoms with E-state index in [1.807, 2.05) is 72.8 Å². The van der Waals surface area contributed by atoms with E-state index < -0.39 is 47.3 Å². The molecule has 0 radical (unpaired) electrons. The first-order valence-electron chi connectivity index (χ1n) is 10.8. The molecule has 0 bridgehead atoms. The van der Waals surface area contributed by atoms with E-state index in [0.717, 1.165) is 21.5 Å². The molecule has 2 unspecified atom stereocenters. The van der Waals surface area contributed by atoms with Crippen LogP contribution in [0, 0.1) is 5.41 Å². The van der Waals surface area contributed by atoms with Crippen molar-refractivity contribution in [1.29, 1.82) is 0 Å². The molecule has 0 saturated heterocycles. The Labute approximate surface area is 208 Å². The van der Waals surface area contributed by atoms with Crippen molar-refractivity contribution in [3.63, 3.8) is 0 Å². The third kappa shape index (κ3) is 5.36. The molecule has 4 aromatic rings. The van der Waals surface area contributed by atoms with Crippen molar-refractivity contribution in [2.24, 2.45) is 5.41 Å². The molecule has 0 aromatic heterocycles. The Morgan fingerprint density at radius 3 is 1.31 bits per heavy atom. The van der Waals surface area contributed by atoms with E-state index in [1.54, 1.807) is 12.1 Å². The summed E-state index contributed by atoms with van der Waals surface area (Å²) >= 11 is 0. The highest BCUT2D eigenvalue weighted by Gasteiger charge is 2.53. The van der Waals surface area contributed by atoms with Crippen LogP contribution in [0.25, 0.3) is 21.5 Å². The van der Waals surface area contributed by atoms with Gasteiger partial charge in [0.2, 0.25) is 0 Å². The number of rotatable bonds is 8. The molecule has 11 heteroatoms. The van der Waals surface area contributed by atoms with Gasteiger partial charge in [-0.25, -0.2) is 0 Å². The minimum atomic E-state index is -2.92. The van der Waals surface area contributed by atoms with Gasteiger partial charge in [0.1, 0.15) is 5.60 Å². The third-order valence-electron chi connectivity index (χ3n) is 6.17. The van der Waals surface area contributed by atoms with Gasteiger partial charge in [0.05, 0.1) is 25.2 Å². The van der Waals surface area contributed by atoms with Crippen LogP contribution in [0.3, 0.4) is 0 Å². The monoisotopic (exact) mass is 532 g/mol. The standard InChI is InChI=1S/C25H24O4.O5P2/c26-15-24(16-27,17-28)25(29,22-13-5-9-18-7-1-3-11-20(18)22)23-14-6-10-19-8-2-4-12-21(19)23;1-6(2)5-7(3)4/h1-14,26-29H,15-17H2;/p+2. The summed E-state index contributed by atoms with van der Waals surface area (Å²) < 4.78 is 22.2. The summed E-state index contributed by atoms with van der Waals surface area (Å²) in [6.07, 6.45) is 0. The molecule has 0 spiro atoms. The summed E-state index contributed by atoms with van der Waals surface area (Å²) in [6.45, 7) is -1.78. The lowest BCUT2D eigenvalue weighted by atomic mass is 9.64. The minimum Gasteiger partial charge on any atom is -0.395 e. The van der Waals surface area contributed by atoms with Gasteiger partial charge in [-0.2, -0.15) is 0 Å². The first-order valence-corrected chi connectivity index (χ1v) is 13.0. The maximum Gasteiger partial charge on any atom is 0.745 e. The van der Waals surface area contributed by atoms with Crippen LogP contribution in [-0.4, -0.2) is 50.0 Å². The van der Waals surface area contributed by atoms with Crippen molar-refractivity contribution < 1.29 is 43.7 Å². The zero-order valence-electron chi connectivity index (χ0n) is 19.0. The maximum atomic E-state index is 12.4. The van der Waals surface area contributed by atoms with Gasteiger partial charge in [-0.15, -0.1) is 9.79 Å². The molecule has 0 aliphatic rings. The molecule has 4 aromatic carbocycles. The second-order valence-corrected chi connectivity index (χ2v) is 9.68. The summed E-state index contributed by atoms with van der Waals surface area (Å²) in [4.78, 5) is 15.3. The van der Waals surface area contributed by atoms with Crippen LogP contribution in [-0.2, 0) is 19.0 Å². The van der Waals surface area contributed by atoms with E-state index in [1.165, 1.54) is 0 Å². The summed E-state index contributed by atoms with van der Waals surface area (Å²) in [5.74, 6) is 0. The summed E-state index contributed by atoms with van der Waals surface area (Å²) in [6, 6.07) is 26.4. The normalized spacial score (nSPS) is 12.7. The van der Waals surface area contributed by atoms with Crippen LogP contribution in [0.2, 0.25) is 0 Å². The topological polar surface area (TPSA) is 165 Å². The molecule has 0 aliphatic carbocycles. The lowest BCUT2D eigenvalue weighted by Gasteiger charge is -2.46. The molecule has 36 heavy (non-hydrogen) atoms. The van der Waals surface area contributed by atoms with Crippen molar-refractivity contribution in [1.82, 2.24) is 0 Å². The number of fused-ring (bicyclic) bond motifs is 2. The van der Waals surface area contributed by atoms with Gasteiger partial charge in [0.15, 0.2) is 4.31 Å². The van der Waals surface area contributed by atoms with Crippen LogP contribution >= 0.6 is 16.5 Å². The van der Waals surface area contributed by atoms with Gasteiger partial charge in [-0.1, -0.05) is 84.9 Å². The fourth-order valence-electron chi connectivity index (χ4n) is 4.35. The summed E-state index contributed by atoms with van der Waals surface area (Å²) in [5.41, 5.74) is -2.37. The number of aliphatic hydroxyl groups is 4. The average molecular weight is 532 g/mol. The highest BCUT2D eigenvalue weighted by Crippen LogP contribution is 2.49. The van der Waals surface area contributed by atoms with Crippen LogP contribution in [0.5, 0.6) is 0 Å². The molecule has 2 atom stereocenters. The third-order valence-corrected chi connectivity index (χ3v) is 7.29. The average Bonchev–Trinajstić information content (AvgIpc) is 2.88. The highest BCUT2D eigenvalue weighted by atomic mass is 31.2. The number of hydrogen-bond acceptors (Lipinski definition) is 7. The smallest absolute Gasteiger partial charge is 0.395 e. The first-order chi connectivity index (χ1) is 17.2. The van der Waals surface area contributed by atoms with E-state index in [-0.39, 0.29) is 0 Å². The Morgan fingerprint density at radius 1 is 0.611 bits per heavy atom. The van der Waals surface area contributed by atoms with Gasteiger partial charge in [-0.05, 0) is 32.7 Å². The van der Waals surface area contributed by atoms with Crippen LogP contribution in [0.4, 0.5) is 0 Å². The van der Waals surface area contributed by atoms with Crippen LogP contribution in [0.15, 0.2) is 84.9 Å². The molecule has 4 rings (SSSR count). The number of hydrogen-bond donors (Lipinski definition) is 6. The molecule has 0 heterocycles. The van der Waals surface area contributed by atoms with Gasteiger partial charge in [0.25, 0.3) is 0 Å². The summed E-state index contributed by atoms with van der Waals surface area (Å²) in [5, 5.41) is 46.7. The van der Waals surface area contributed by atoms with Gasteiger partial charge in [-0.3, -0.25) is 0 Å². The van der Waals surface area contributed by atoms with Crippen molar-refractivity contribution in [3.05, 3.63) is 96.1 Å². The maximum absolute atomic E-state index is 12.4. The highest BCUT2D eigenvalue weighted by molar-refractivity contribution is 7.46. The first kappa shape index (κ1) is 27.9. The summed E-state index contributed by atoms with van der Waals surface area (Å²) in [7, 11) is -5.85. The largest absolute Gasteiger partial charge is 0.745 e. The lowest BCUT2D eigenvalue weighted by molar-refractivity contribution is -0.134. The van der Waals surface area contributed by atoms with E-state index in [2.05, 4.69) is 4.31 Å². The van der Waals surface area contributed by atoms with Crippen molar-refractivity contribution in [2.75, 3.05) is 19.8 Å². The Bertz CT molecular complexity index is 1260. The molecule has 0 amide bonds. The number of aliphatic hydroxyl groups excluding tert-OH is 3. The van der Waals surface area contributed by atoms with Gasteiger partial charge < -0.3 is 20.4 Å². The lowest BCUT2D eigenvalue weighted by Crippen LogP contribution is -2.54. The fourth-order valence-corrected chi connectivity index (χ4v) is 4.83. The number of benzene rings is 4. The van der Waals surface area contributed by atoms with Gasteiger partial charge >= 0.3 is 16.5 Å². The Hall–Kier alpha value is -2.68. The van der Waals surface area contributed by atoms with Crippen molar-refractivity contribution >= 4 is 38.1 Å². The Kier molecular flexibility index (Phi) is 9.33. The van der Waals surface area contributed by atoms with Crippen LogP contribution < -0.4 is 0 Å². The van der Waals surface area contributed by atoms with Crippen LogP contribution in [0.1, 0.15) is 11.1 Å². The molecular formula is C25H26O9P2+2. The predicted octanol–water partition coefficient (Wildman–Crippen LogP) is 3.49. The SMILES string of the molecule is O=[P+](O)O[P+](=O)O.OCC(CO)(CO)C(O)(c1cccc2ccccc12)c1cccc2ccccc12. The fraction of sp³-hybridized carbons (Fsp3) is 0.200. The molecule has 0 fully saturated rings. The molecule has 0 aliphatic heterocycles. The molecule has 0 saturated carbocycles. The zero-order chi connectivity index (χ0) is 26.3. The van der Waals surface area contributed by atoms with Gasteiger partial charge in [0, 0.05) is 9.13 Å². The second kappa shape index (κ2) is 12.0. The minimum absolute atomic E-state index is 0.532. The second-order valence-electron chi connectivity index (χ2n) is 8.08. The quantitative estimate of drug-likeness (QED) is 0.186. The Morgan fingerprint density at radius 2 is 0.972 bits per heavy atom. The predicted molar refractivity (Wildman–Crippen MR) is 135 cm³/mol. The molecular weight excluding hydrogens is 506 g/mol. The Balaban J connectivity index is 0.000000454. The molecule has 188 valence electrons. The molecule has 9 nitrogen and oxygen atoms in total. The van der Waals surface area contributed by atoms with Crippen molar-refractivity contribution in [3.8, 4) is 0 Å². The van der Waals surface area contributed by atoms with E-state index in [9.17, 15) is 29.6 Å². The van der Waals surface area contributed by atoms with E-state index in [4.69, 9.17) is 9.79 Å². The van der Waals surface area contributed by atoms with E-state index in [0.29, 0.717) is 11.1 Å².